The fraction of sp³-hybridized carbons (Fsp3) is 0.421. The Balaban J connectivity index is 1.91. The van der Waals surface area contributed by atoms with Crippen LogP contribution in [0.25, 0.3) is 0 Å². The minimum absolute atomic E-state index is 0.0486. The molecule has 0 aliphatic carbocycles. The first-order valence-electron chi connectivity index (χ1n) is 9.08. The van der Waals surface area contributed by atoms with Gasteiger partial charge in [-0.15, -0.1) is 0 Å². The summed E-state index contributed by atoms with van der Waals surface area (Å²) in [7, 11) is -3.66. The zero-order valence-electron chi connectivity index (χ0n) is 16.0. The predicted molar refractivity (Wildman–Crippen MR) is 107 cm³/mol. The summed E-state index contributed by atoms with van der Waals surface area (Å²) in [5.41, 5.74) is 0.131. The standard InChI is InChI=1S/C19H25ClN2O5S/c1-3-22(4-2)28(24,25)16-8-9-18(20)17(13-16)19(23)21-10-6-11-26-14-15-7-5-12-27-15/h5,7-9,12-13H,3-4,6,10-11,14H2,1-2H3,(H,21,23). The molecular formula is C19H25ClN2O5S. The number of carbonyl (C=O) groups is 1. The van der Waals surface area contributed by atoms with Gasteiger partial charge in [-0.3, -0.25) is 4.79 Å². The van der Waals surface area contributed by atoms with Crippen LogP contribution in [0.4, 0.5) is 0 Å². The quantitative estimate of drug-likeness (QED) is 0.554. The summed E-state index contributed by atoms with van der Waals surface area (Å²) in [6.07, 6.45) is 2.18. The van der Waals surface area contributed by atoms with Crippen LogP contribution in [0.2, 0.25) is 5.02 Å². The van der Waals surface area contributed by atoms with E-state index in [0.29, 0.717) is 39.3 Å². The van der Waals surface area contributed by atoms with E-state index in [2.05, 4.69) is 5.32 Å². The highest BCUT2D eigenvalue weighted by Crippen LogP contribution is 2.23. The molecule has 1 aromatic carbocycles. The van der Waals surface area contributed by atoms with E-state index >= 15 is 0 Å². The molecule has 0 aliphatic heterocycles. The molecule has 0 saturated heterocycles. The van der Waals surface area contributed by atoms with E-state index in [0.717, 1.165) is 5.76 Å². The molecule has 0 aliphatic rings. The lowest BCUT2D eigenvalue weighted by Gasteiger charge is -2.19. The second-order valence-electron chi connectivity index (χ2n) is 5.97. The van der Waals surface area contributed by atoms with Crippen LogP contribution in [0.1, 0.15) is 36.4 Å². The van der Waals surface area contributed by atoms with Gasteiger partial charge in [0.25, 0.3) is 5.91 Å². The third-order valence-electron chi connectivity index (χ3n) is 4.10. The van der Waals surface area contributed by atoms with Gasteiger partial charge in [-0.05, 0) is 36.8 Å². The Labute approximate surface area is 170 Å². The van der Waals surface area contributed by atoms with Crippen LogP contribution in [0.3, 0.4) is 0 Å². The number of hydrogen-bond acceptors (Lipinski definition) is 5. The van der Waals surface area contributed by atoms with E-state index in [4.69, 9.17) is 20.8 Å². The number of benzene rings is 1. The average molecular weight is 429 g/mol. The molecule has 2 aromatic rings. The van der Waals surface area contributed by atoms with Crippen LogP contribution in [-0.2, 0) is 21.4 Å². The number of sulfonamides is 1. The first-order chi connectivity index (χ1) is 13.4. The molecule has 28 heavy (non-hydrogen) atoms. The summed E-state index contributed by atoms with van der Waals surface area (Å²) in [4.78, 5) is 12.5. The van der Waals surface area contributed by atoms with Crippen molar-refractivity contribution in [3.8, 4) is 0 Å². The Kier molecular flexibility index (Phi) is 8.50. The number of ether oxygens (including phenoxy) is 1. The molecule has 7 nitrogen and oxygen atoms in total. The van der Waals surface area contributed by atoms with Crippen LogP contribution in [-0.4, -0.2) is 44.9 Å². The Bertz CT molecular complexity index is 864. The minimum atomic E-state index is -3.66. The number of nitrogens with zero attached hydrogens (tertiary/aromatic N) is 1. The van der Waals surface area contributed by atoms with Crippen molar-refractivity contribution in [3.63, 3.8) is 0 Å². The summed E-state index contributed by atoms with van der Waals surface area (Å²) in [6.45, 7) is 5.42. The first-order valence-corrected chi connectivity index (χ1v) is 10.9. The molecule has 154 valence electrons. The van der Waals surface area contributed by atoms with Gasteiger partial charge in [0.15, 0.2) is 0 Å². The van der Waals surface area contributed by atoms with E-state index in [1.165, 1.54) is 22.5 Å². The minimum Gasteiger partial charge on any atom is -0.467 e. The summed E-state index contributed by atoms with van der Waals surface area (Å²) in [6, 6.07) is 7.77. The number of carbonyl (C=O) groups excluding carboxylic acids is 1. The van der Waals surface area contributed by atoms with Gasteiger partial charge >= 0.3 is 0 Å². The van der Waals surface area contributed by atoms with Crippen molar-refractivity contribution in [3.05, 3.63) is 52.9 Å². The van der Waals surface area contributed by atoms with Crippen molar-refractivity contribution in [1.29, 1.82) is 0 Å². The van der Waals surface area contributed by atoms with Crippen molar-refractivity contribution >= 4 is 27.5 Å². The summed E-state index contributed by atoms with van der Waals surface area (Å²) in [5, 5.41) is 2.93. The molecule has 1 heterocycles. The third-order valence-corrected chi connectivity index (χ3v) is 6.48. The van der Waals surface area contributed by atoms with E-state index in [1.54, 1.807) is 26.2 Å². The zero-order valence-corrected chi connectivity index (χ0v) is 17.6. The number of halogens is 1. The van der Waals surface area contributed by atoms with Gasteiger partial charge in [0.2, 0.25) is 10.0 Å². The maximum atomic E-state index is 12.6. The molecule has 1 N–H and O–H groups in total. The lowest BCUT2D eigenvalue weighted by Crippen LogP contribution is -2.31. The molecule has 0 unspecified atom stereocenters. The number of nitrogens with one attached hydrogen (secondary N) is 1. The average Bonchev–Trinajstić information content (AvgIpc) is 3.18. The molecule has 0 radical (unpaired) electrons. The number of amides is 1. The molecule has 1 aromatic heterocycles. The van der Waals surface area contributed by atoms with Crippen molar-refractivity contribution in [2.75, 3.05) is 26.2 Å². The lowest BCUT2D eigenvalue weighted by molar-refractivity contribution is 0.0917. The molecule has 0 fully saturated rings. The van der Waals surface area contributed by atoms with Gasteiger partial charge in [0.1, 0.15) is 12.4 Å². The van der Waals surface area contributed by atoms with Crippen LogP contribution < -0.4 is 5.32 Å². The summed E-state index contributed by atoms with van der Waals surface area (Å²) >= 11 is 6.10. The van der Waals surface area contributed by atoms with Gasteiger partial charge in [0.05, 0.1) is 21.7 Å². The Morgan fingerprint density at radius 2 is 2.00 bits per heavy atom. The lowest BCUT2D eigenvalue weighted by atomic mass is 10.2. The van der Waals surface area contributed by atoms with Crippen molar-refractivity contribution in [1.82, 2.24) is 9.62 Å². The first kappa shape index (κ1) is 22.4. The maximum absolute atomic E-state index is 12.6. The molecule has 9 heteroatoms. The highest BCUT2D eigenvalue weighted by atomic mass is 35.5. The highest BCUT2D eigenvalue weighted by molar-refractivity contribution is 7.89. The Hall–Kier alpha value is -1.87. The number of hydrogen-bond donors (Lipinski definition) is 1. The van der Waals surface area contributed by atoms with Gasteiger partial charge in [-0.2, -0.15) is 4.31 Å². The fourth-order valence-corrected chi connectivity index (χ4v) is 4.28. The van der Waals surface area contributed by atoms with Crippen LogP contribution in [0.5, 0.6) is 0 Å². The van der Waals surface area contributed by atoms with E-state index < -0.39 is 15.9 Å². The Morgan fingerprint density at radius 1 is 1.25 bits per heavy atom. The zero-order chi connectivity index (χ0) is 20.6. The maximum Gasteiger partial charge on any atom is 0.252 e. The normalized spacial score (nSPS) is 11.7. The number of furan rings is 1. The molecule has 0 bridgehead atoms. The Morgan fingerprint density at radius 3 is 2.64 bits per heavy atom. The smallest absolute Gasteiger partial charge is 0.252 e. The van der Waals surface area contributed by atoms with Crippen LogP contribution >= 0.6 is 11.6 Å². The van der Waals surface area contributed by atoms with Crippen LogP contribution in [0.15, 0.2) is 45.9 Å². The van der Waals surface area contributed by atoms with Gasteiger partial charge in [0, 0.05) is 26.2 Å². The van der Waals surface area contributed by atoms with Crippen molar-refractivity contribution in [2.45, 2.75) is 31.8 Å². The fourth-order valence-electron chi connectivity index (χ4n) is 2.59. The highest BCUT2D eigenvalue weighted by Gasteiger charge is 2.23. The van der Waals surface area contributed by atoms with E-state index in [9.17, 15) is 13.2 Å². The SMILES string of the molecule is CCN(CC)S(=O)(=O)c1ccc(Cl)c(C(=O)NCCCOCc2ccco2)c1. The van der Waals surface area contributed by atoms with Crippen molar-refractivity contribution < 1.29 is 22.4 Å². The second-order valence-corrected chi connectivity index (χ2v) is 8.32. The molecule has 2 rings (SSSR count). The van der Waals surface area contributed by atoms with Crippen molar-refractivity contribution in [2.24, 2.45) is 0 Å². The topological polar surface area (TPSA) is 88.9 Å². The number of rotatable bonds is 11. The van der Waals surface area contributed by atoms with E-state index in [-0.39, 0.29) is 15.5 Å². The molecule has 0 atom stereocenters. The molecule has 1 amide bonds. The second kappa shape index (κ2) is 10.6. The third kappa shape index (κ3) is 5.81. The molecule has 0 saturated carbocycles. The van der Waals surface area contributed by atoms with Gasteiger partial charge in [-0.1, -0.05) is 25.4 Å². The summed E-state index contributed by atoms with van der Waals surface area (Å²) < 4.78 is 37.2. The van der Waals surface area contributed by atoms with Crippen LogP contribution in [0, 0.1) is 0 Å². The predicted octanol–water partition coefficient (Wildman–Crippen LogP) is 3.30. The largest absolute Gasteiger partial charge is 0.467 e. The van der Waals surface area contributed by atoms with Gasteiger partial charge in [-0.25, -0.2) is 8.42 Å². The molecular weight excluding hydrogens is 404 g/mol. The monoisotopic (exact) mass is 428 g/mol. The van der Waals surface area contributed by atoms with E-state index in [1.807, 2.05) is 6.07 Å². The van der Waals surface area contributed by atoms with Gasteiger partial charge < -0.3 is 14.5 Å². The molecule has 0 spiro atoms. The summed E-state index contributed by atoms with van der Waals surface area (Å²) in [5.74, 6) is 0.315.